The van der Waals surface area contributed by atoms with Gasteiger partial charge in [-0.05, 0) is 0 Å². The first-order chi connectivity index (χ1) is 54.2. The molecule has 0 saturated carbocycles. The van der Waals surface area contributed by atoms with Gasteiger partial charge in [0.15, 0.2) is 74.7 Å². The van der Waals surface area contributed by atoms with Crippen LogP contribution in [-0.4, -0.2) is 480 Å². The molecule has 0 aliphatic carbocycles. The fourth-order valence-corrected chi connectivity index (χ4v) is 14.5. The van der Waals surface area contributed by atoms with E-state index < -0.39 is 357 Å². The number of amides is 4. The molecular formula is C62H96N4O49. The van der Waals surface area contributed by atoms with E-state index in [1.165, 1.54) is 0 Å². The van der Waals surface area contributed by atoms with Gasteiger partial charge in [-0.3, -0.25) is 19.2 Å². The normalized spacial score (nSPS) is 47.0. The Morgan fingerprint density at radius 3 is 0.635 bits per heavy atom. The van der Waals surface area contributed by atoms with E-state index in [1.807, 2.05) is 0 Å². The highest BCUT2D eigenvalue weighted by Crippen LogP contribution is 2.40. The summed E-state index contributed by atoms with van der Waals surface area (Å²) in [7, 11) is 0. The fraction of sp³-hybridized carbons (Fsp3) is 0.871. The Labute approximate surface area is 645 Å². The molecule has 9 aliphatic heterocycles. The van der Waals surface area contributed by atoms with Crippen LogP contribution in [0.5, 0.6) is 0 Å². The predicted molar refractivity (Wildman–Crippen MR) is 345 cm³/mol. The van der Waals surface area contributed by atoms with Crippen LogP contribution in [0.15, 0.2) is 0 Å². The maximum absolute atomic E-state index is 13.1. The molecule has 9 saturated heterocycles. The van der Waals surface area contributed by atoms with Crippen molar-refractivity contribution in [3.8, 4) is 0 Å². The van der Waals surface area contributed by atoms with Gasteiger partial charge in [-0.1, -0.05) is 0 Å². The number of rotatable bonds is 30. The first-order valence-corrected chi connectivity index (χ1v) is 35.5. The third-order valence-electron chi connectivity index (χ3n) is 20.2. The molecule has 53 heteroatoms. The molecule has 658 valence electrons. The molecule has 0 unspecified atom stereocenters. The van der Waals surface area contributed by atoms with E-state index in [-0.39, 0.29) is 0 Å². The van der Waals surface area contributed by atoms with Crippen LogP contribution in [-0.2, 0) is 119 Å². The lowest BCUT2D eigenvalue weighted by molar-refractivity contribution is -0.382. The van der Waals surface area contributed by atoms with Gasteiger partial charge < -0.3 is 224 Å². The quantitative estimate of drug-likeness (QED) is 0.0318. The molecule has 0 aromatic rings. The molecule has 0 bridgehead atoms. The van der Waals surface area contributed by atoms with E-state index in [4.69, 9.17) is 80.5 Å². The summed E-state index contributed by atoms with van der Waals surface area (Å²) in [6.07, 6.45) is -88.1. The van der Waals surface area contributed by atoms with Crippen LogP contribution >= 0.6 is 0 Å². The lowest BCUT2D eigenvalue weighted by Crippen LogP contribution is -2.71. The van der Waals surface area contributed by atoms with Crippen LogP contribution < -0.4 is 21.3 Å². The van der Waals surface area contributed by atoms with E-state index in [0.29, 0.717) is 0 Å². The molecule has 53 nitrogen and oxygen atoms in total. The zero-order valence-corrected chi connectivity index (χ0v) is 60.6. The number of carboxylic acid groups (broad SMARTS) is 4. The van der Waals surface area contributed by atoms with Crippen LogP contribution in [0.4, 0.5) is 0 Å². The molecule has 9 aliphatic rings. The van der Waals surface area contributed by atoms with E-state index in [2.05, 4.69) is 21.3 Å². The van der Waals surface area contributed by atoms with Crippen molar-refractivity contribution in [3.05, 3.63) is 0 Å². The van der Waals surface area contributed by atoms with Crippen molar-refractivity contribution in [2.75, 3.05) is 39.6 Å². The smallest absolute Gasteiger partial charge is 0.335 e. The van der Waals surface area contributed by atoms with Crippen molar-refractivity contribution >= 4 is 47.5 Å². The van der Waals surface area contributed by atoms with Crippen LogP contribution in [0.3, 0.4) is 0 Å². The van der Waals surface area contributed by atoms with Crippen molar-refractivity contribution in [1.29, 1.82) is 0 Å². The minimum absolute atomic E-state index is 0.781. The van der Waals surface area contributed by atoms with Gasteiger partial charge in [0.05, 0.1) is 39.6 Å². The second-order valence-corrected chi connectivity index (χ2v) is 28.1. The van der Waals surface area contributed by atoms with Crippen molar-refractivity contribution in [2.45, 2.75) is 298 Å². The molecule has 9 heterocycles. The molecule has 9 fully saturated rings. The van der Waals surface area contributed by atoms with Crippen LogP contribution in [0.25, 0.3) is 0 Å². The molecule has 44 atom stereocenters. The van der Waals surface area contributed by atoms with Crippen LogP contribution in [0.1, 0.15) is 27.7 Å². The molecule has 0 aromatic heterocycles. The van der Waals surface area contributed by atoms with E-state index >= 15 is 0 Å². The average Bonchev–Trinajstić information content (AvgIpc) is 0.986. The Bertz CT molecular complexity index is 3290. The summed E-state index contributed by atoms with van der Waals surface area (Å²) >= 11 is 0. The molecule has 0 radical (unpaired) electrons. The SMILES string of the molecule is CC(=O)N[C@H]1[C@@H](O[C@H]2[C@H](O)[C@@H](O)[C@H](O[C@H]3[C@H](O)[C@@H](NC(C)=O)[C@@H](O[C@H]4[C@H](O)[C@@H](O)[C@H](O[C@H]5[C@H](O)[C@@H](CO)O[C@@H]5CO)O[C@@H]4C(=O)O)O[C@@H]3CO)O[C@@H]2C(=O)O)O[C@H](CO)[C@@H](O[C@@H]2O[C@H](C(=O)O)[C@@H](O[C@H]3O[C@H](CO)[C@@H](O[C@@H]4O[C@H](C(=O)O)[C@@H](O[C@H]5O[C@H](CO)[C@@H](O)[C@H](O)[C@H]5NC(C)=O)[C@H](O)[C@H]4O)[C@H](O)[C@H]3NC(C)=O)[C@H](O)[C@H]2O)[C@@H]1O. The van der Waals surface area contributed by atoms with Gasteiger partial charge >= 0.3 is 23.9 Å². The first kappa shape index (κ1) is 93.2. The van der Waals surface area contributed by atoms with Gasteiger partial charge in [0.1, 0.15) is 195 Å². The van der Waals surface area contributed by atoms with E-state index in [0.717, 1.165) is 27.7 Å². The Morgan fingerprint density at radius 1 is 0.226 bits per heavy atom. The predicted octanol–water partition coefficient (Wildman–Crippen LogP) is -19.0. The number of carboxylic acids is 4. The Balaban J connectivity index is 0.861. The third-order valence-corrected chi connectivity index (χ3v) is 20.2. The average molecular weight is 1680 g/mol. The molecule has 9 rings (SSSR count). The molecule has 28 N–H and O–H groups in total. The lowest BCUT2D eigenvalue weighted by atomic mass is 9.93. The zero-order valence-electron chi connectivity index (χ0n) is 60.6. The maximum Gasteiger partial charge on any atom is 0.335 e. The van der Waals surface area contributed by atoms with Crippen molar-refractivity contribution < 1.29 is 241 Å². The molecule has 115 heavy (non-hydrogen) atoms. The topological polar surface area (TPSA) is 827 Å². The summed E-state index contributed by atoms with van der Waals surface area (Å²) in [5, 5.41) is 271. The summed E-state index contributed by atoms with van der Waals surface area (Å²) in [4.78, 5) is 102. The zero-order chi connectivity index (χ0) is 85.1. The van der Waals surface area contributed by atoms with Crippen molar-refractivity contribution in [3.63, 3.8) is 0 Å². The maximum atomic E-state index is 13.1. The number of hydrogen-bond donors (Lipinski definition) is 28. The van der Waals surface area contributed by atoms with Gasteiger partial charge in [0.25, 0.3) is 0 Å². The third kappa shape index (κ3) is 20.2. The first-order valence-electron chi connectivity index (χ1n) is 35.5. The minimum Gasteiger partial charge on any atom is -0.479 e. The van der Waals surface area contributed by atoms with Gasteiger partial charge in [-0.15, -0.1) is 0 Å². The highest BCUT2D eigenvalue weighted by molar-refractivity contribution is 5.76. The van der Waals surface area contributed by atoms with E-state index in [9.17, 15) is 161 Å². The van der Waals surface area contributed by atoms with Crippen LogP contribution in [0.2, 0.25) is 0 Å². The highest BCUT2D eigenvalue weighted by Gasteiger charge is 2.63. The summed E-state index contributed by atoms with van der Waals surface area (Å²) in [5.74, 6) is -11.9. The minimum atomic E-state index is -2.59. The van der Waals surface area contributed by atoms with Gasteiger partial charge in [-0.25, -0.2) is 19.2 Å². The summed E-state index contributed by atoms with van der Waals surface area (Å²) in [6.45, 7) is -2.80. The lowest BCUT2D eigenvalue weighted by Gasteiger charge is -2.50. The monoisotopic (exact) mass is 1680 g/mol. The number of nitrogens with one attached hydrogen (secondary N) is 4. The molecule has 0 spiro atoms. The highest BCUT2D eigenvalue weighted by atomic mass is 16.8. The Kier molecular flexibility index (Phi) is 32.1. The number of hydrogen-bond acceptors (Lipinski definition) is 45. The van der Waals surface area contributed by atoms with Gasteiger partial charge in [0, 0.05) is 27.7 Å². The van der Waals surface area contributed by atoms with Gasteiger partial charge in [0.2, 0.25) is 23.6 Å². The molecule has 0 aromatic carbocycles. The Hall–Kier alpha value is -5.72. The molecular weight excluding hydrogens is 1580 g/mol. The summed E-state index contributed by atoms with van der Waals surface area (Å²) in [5.41, 5.74) is 0. The second-order valence-electron chi connectivity index (χ2n) is 28.1. The second kappa shape index (κ2) is 39.7. The van der Waals surface area contributed by atoms with Gasteiger partial charge in [-0.2, -0.15) is 0 Å². The summed E-state index contributed by atoms with van der Waals surface area (Å²) < 4.78 is 96.0. The van der Waals surface area contributed by atoms with Crippen LogP contribution in [0, 0.1) is 0 Å². The number of aliphatic hydroxyl groups is 20. The number of carbonyl (C=O) groups excluding carboxylic acids is 4. The number of carbonyl (C=O) groups is 8. The standard InChI is InChI=1S/C62H96N4O49/c1-11(73)63-21-27(79)25(77)15(5-67)100-55(21)108-43-32(84)36(88)60(113-47(43)51(91)92)105-40-18(8-70)102-57(23(29(40)81)65-13(3)75)110-45-34(86)38(90)62(115-49(45)53(95)96)107-42-20(10-72)103-58(24(30(42)82)66-14(4)76)111-46-33(85)37(89)61(114-50(46)54(97)98)106-41-19(9-71)101-56(22(28(41)80)64-12(2)74)109-44-31(83)35(87)59(112-48(44)52(93)94)104-39-17(7-69)99-16(6-68)26(39)78/h15-50,55-62,67-72,77-90H,5-10H2,1-4H3,(H,63,73)(H,64,74)(H,65,75)(H,66,76)(H,91,92)(H,93,94)(H,95,96)(H,97,98)/t15-,16-,17-,18-,19-,20-,21-,22-,23-,24-,25-,26-,27-,28-,29-,30-,31-,32-,33-,34-,35-,36-,37-,38-,39-,40-,41-,42-,43+,44+,45+,46+,47+,48+,49+,50+,55-,56-,57-,58-,59-,60-,61-,62-/m1/s1. The van der Waals surface area contributed by atoms with Crippen molar-refractivity contribution in [1.82, 2.24) is 21.3 Å². The summed E-state index contributed by atoms with van der Waals surface area (Å²) in [6, 6.07) is -7.87. The number of ether oxygens (including phenoxy) is 17. The van der Waals surface area contributed by atoms with Crippen molar-refractivity contribution in [2.24, 2.45) is 0 Å². The largest absolute Gasteiger partial charge is 0.479 e. The Morgan fingerprint density at radius 2 is 0.417 bits per heavy atom. The fourth-order valence-electron chi connectivity index (χ4n) is 14.5. The number of aliphatic hydroxyl groups excluding tert-OH is 20. The van der Waals surface area contributed by atoms with E-state index in [1.54, 1.807) is 0 Å². The number of aliphatic carboxylic acids is 4. The molecule has 4 amide bonds.